The number of likely N-dealkylation sites (N-methyl/N-ethyl adjacent to an activating group) is 1. The lowest BCUT2D eigenvalue weighted by atomic mass is 10.1. The summed E-state index contributed by atoms with van der Waals surface area (Å²) in [6.07, 6.45) is 1.63. The topological polar surface area (TPSA) is 44.7 Å². The second kappa shape index (κ2) is 9.77. The van der Waals surface area contributed by atoms with Gasteiger partial charge >= 0.3 is 0 Å². The zero-order valence-corrected chi connectivity index (χ0v) is 20.5. The lowest BCUT2D eigenvalue weighted by molar-refractivity contribution is 0.287. The van der Waals surface area contributed by atoms with Crippen LogP contribution in [-0.2, 0) is 6.42 Å². The molecule has 1 aromatic heterocycles. The fourth-order valence-corrected chi connectivity index (χ4v) is 4.74. The van der Waals surface area contributed by atoms with Crippen molar-refractivity contribution >= 4 is 11.4 Å². The molecule has 2 aromatic carbocycles. The molecule has 1 saturated heterocycles. The maximum Gasteiger partial charge on any atom is 0.178 e. The van der Waals surface area contributed by atoms with Crippen molar-refractivity contribution < 1.29 is 13.5 Å². The van der Waals surface area contributed by atoms with Crippen LogP contribution in [-0.4, -0.2) is 67.3 Å². The van der Waals surface area contributed by atoms with Crippen molar-refractivity contribution in [2.45, 2.75) is 26.3 Å². The van der Waals surface area contributed by atoms with E-state index >= 15 is 0 Å². The van der Waals surface area contributed by atoms with Crippen LogP contribution in [0.3, 0.4) is 0 Å². The van der Waals surface area contributed by atoms with E-state index in [0.29, 0.717) is 36.6 Å². The average molecular weight is 480 g/mol. The first-order valence-corrected chi connectivity index (χ1v) is 12.2. The molecule has 3 aromatic rings. The zero-order chi connectivity index (χ0) is 24.5. The summed E-state index contributed by atoms with van der Waals surface area (Å²) in [5, 5.41) is 0. The average Bonchev–Trinajstić information content (AvgIpc) is 2.86. The molecule has 0 saturated carbocycles. The monoisotopic (exact) mass is 479 g/mol. The van der Waals surface area contributed by atoms with Crippen molar-refractivity contribution in [3.05, 3.63) is 65.6 Å². The van der Waals surface area contributed by atoms with E-state index in [9.17, 15) is 8.78 Å². The highest BCUT2D eigenvalue weighted by Crippen LogP contribution is 2.39. The molecule has 0 radical (unpaired) electrons. The molecule has 35 heavy (non-hydrogen) atoms. The Morgan fingerprint density at radius 2 is 1.71 bits per heavy atom. The first-order chi connectivity index (χ1) is 16.9. The predicted octanol–water partition coefficient (Wildman–Crippen LogP) is 4.37. The maximum atomic E-state index is 14.9. The molecular weight excluding hydrogens is 448 g/mol. The van der Waals surface area contributed by atoms with Gasteiger partial charge in [0.15, 0.2) is 17.4 Å². The van der Waals surface area contributed by atoms with Gasteiger partial charge in [0.2, 0.25) is 0 Å². The number of anilines is 2. The highest BCUT2D eigenvalue weighted by Gasteiger charge is 2.25. The van der Waals surface area contributed by atoms with Gasteiger partial charge in [-0.05, 0) is 50.7 Å². The smallest absolute Gasteiger partial charge is 0.178 e. The molecule has 0 amide bonds. The third-order valence-corrected chi connectivity index (χ3v) is 6.77. The van der Waals surface area contributed by atoms with Gasteiger partial charge in [-0.2, -0.15) is 0 Å². The quantitative estimate of drug-likeness (QED) is 0.542. The van der Waals surface area contributed by atoms with Gasteiger partial charge in [0.1, 0.15) is 18.1 Å². The molecule has 8 heteroatoms. The van der Waals surface area contributed by atoms with Gasteiger partial charge in [-0.15, -0.1) is 0 Å². The van der Waals surface area contributed by atoms with E-state index in [1.807, 2.05) is 13.8 Å². The molecule has 0 spiro atoms. The Hall–Kier alpha value is -3.26. The van der Waals surface area contributed by atoms with Gasteiger partial charge in [-0.25, -0.2) is 18.7 Å². The van der Waals surface area contributed by atoms with E-state index in [2.05, 4.69) is 56.0 Å². The first-order valence-electron chi connectivity index (χ1n) is 12.2. The number of ether oxygens (including phenoxy) is 1. The summed E-state index contributed by atoms with van der Waals surface area (Å²) >= 11 is 0. The van der Waals surface area contributed by atoms with Crippen LogP contribution in [0, 0.1) is 11.6 Å². The second-order valence-corrected chi connectivity index (χ2v) is 9.56. The van der Waals surface area contributed by atoms with Gasteiger partial charge in [0.25, 0.3) is 0 Å². The summed E-state index contributed by atoms with van der Waals surface area (Å²) in [4.78, 5) is 15.5. The molecule has 0 aliphatic carbocycles. The number of halogens is 2. The van der Waals surface area contributed by atoms with Crippen LogP contribution < -0.4 is 14.5 Å². The number of aromatic nitrogens is 2. The van der Waals surface area contributed by atoms with Crippen molar-refractivity contribution in [3.8, 4) is 17.0 Å². The van der Waals surface area contributed by atoms with Crippen molar-refractivity contribution in [3.63, 3.8) is 0 Å². The number of fused-ring (bicyclic) bond motifs is 1. The molecule has 0 N–H and O–H groups in total. The Morgan fingerprint density at radius 3 is 2.43 bits per heavy atom. The van der Waals surface area contributed by atoms with Crippen molar-refractivity contribution in [1.82, 2.24) is 14.9 Å². The summed E-state index contributed by atoms with van der Waals surface area (Å²) in [5.41, 5.74) is 3.34. The lowest BCUT2D eigenvalue weighted by Crippen LogP contribution is -2.44. The Labute approximate surface area is 205 Å². The summed E-state index contributed by atoms with van der Waals surface area (Å²) in [7, 11) is 2.14. The van der Waals surface area contributed by atoms with Crippen LogP contribution in [0.15, 0.2) is 42.6 Å². The van der Waals surface area contributed by atoms with Gasteiger partial charge in [0, 0.05) is 49.9 Å². The minimum atomic E-state index is -0.577. The van der Waals surface area contributed by atoms with Crippen LogP contribution in [0.1, 0.15) is 25.2 Å². The van der Waals surface area contributed by atoms with Crippen molar-refractivity contribution in [1.29, 1.82) is 0 Å². The highest BCUT2D eigenvalue weighted by atomic mass is 19.1. The molecule has 0 atom stereocenters. The Bertz CT molecular complexity index is 1190. The van der Waals surface area contributed by atoms with Gasteiger partial charge < -0.3 is 19.4 Å². The minimum absolute atomic E-state index is 0.0973. The van der Waals surface area contributed by atoms with Crippen LogP contribution in [0.2, 0.25) is 0 Å². The number of piperazine rings is 1. The fourth-order valence-electron chi connectivity index (χ4n) is 4.74. The van der Waals surface area contributed by atoms with Crippen LogP contribution in [0.4, 0.5) is 20.2 Å². The fraction of sp³-hybridized carbons (Fsp3) is 0.407. The molecule has 6 nitrogen and oxygen atoms in total. The molecule has 0 unspecified atom stereocenters. The minimum Gasteiger partial charge on any atom is -0.486 e. The van der Waals surface area contributed by atoms with Gasteiger partial charge in [0.05, 0.1) is 18.4 Å². The molecule has 1 fully saturated rings. The molecule has 184 valence electrons. The third kappa shape index (κ3) is 4.93. The van der Waals surface area contributed by atoms with E-state index in [-0.39, 0.29) is 17.5 Å². The predicted molar refractivity (Wildman–Crippen MR) is 134 cm³/mol. The molecular formula is C27H31F2N5O. The summed E-state index contributed by atoms with van der Waals surface area (Å²) in [5.74, 6) is -0.388. The van der Waals surface area contributed by atoms with Crippen LogP contribution >= 0.6 is 0 Å². The summed E-state index contributed by atoms with van der Waals surface area (Å²) in [6.45, 7) is 9.27. The van der Waals surface area contributed by atoms with Gasteiger partial charge in [-0.1, -0.05) is 12.1 Å². The molecule has 5 rings (SSSR count). The van der Waals surface area contributed by atoms with Crippen molar-refractivity contribution in [2.24, 2.45) is 0 Å². The molecule has 3 heterocycles. The normalized spacial score (nSPS) is 16.4. The lowest BCUT2D eigenvalue weighted by Gasteiger charge is -2.34. The first kappa shape index (κ1) is 23.5. The van der Waals surface area contributed by atoms with Crippen molar-refractivity contribution in [2.75, 3.05) is 56.2 Å². The third-order valence-electron chi connectivity index (χ3n) is 6.77. The van der Waals surface area contributed by atoms with Crippen LogP contribution in [0.25, 0.3) is 11.3 Å². The standard InChI is InChI=1S/C27H31F2N5O/c1-18(2)34-12-13-35-27-22(28)15-20(16-24(27)34)26-23(29)17-30-25(31-26)14-19-4-6-21(7-5-19)33-10-8-32(3)9-11-33/h4-7,15-18H,8-14H2,1-3H3. The van der Waals surface area contributed by atoms with E-state index in [1.165, 1.54) is 18.0 Å². The van der Waals surface area contributed by atoms with Crippen LogP contribution in [0.5, 0.6) is 5.75 Å². The van der Waals surface area contributed by atoms with E-state index < -0.39 is 11.6 Å². The number of rotatable bonds is 5. The Morgan fingerprint density at radius 1 is 0.971 bits per heavy atom. The van der Waals surface area contributed by atoms with Gasteiger partial charge in [-0.3, -0.25) is 0 Å². The van der Waals surface area contributed by atoms with E-state index in [4.69, 9.17) is 4.74 Å². The maximum absolute atomic E-state index is 14.9. The largest absolute Gasteiger partial charge is 0.486 e. The Balaban J connectivity index is 1.39. The summed E-state index contributed by atoms with van der Waals surface area (Å²) in [6, 6.07) is 11.6. The number of nitrogens with zero attached hydrogens (tertiary/aromatic N) is 5. The number of hydrogen-bond acceptors (Lipinski definition) is 6. The molecule has 0 bridgehead atoms. The highest BCUT2D eigenvalue weighted by molar-refractivity contribution is 5.72. The molecule has 2 aliphatic heterocycles. The van der Waals surface area contributed by atoms with E-state index in [0.717, 1.165) is 31.7 Å². The SMILES string of the molecule is CC(C)N1CCOc2c(F)cc(-c3nc(Cc4ccc(N5CCN(C)CC5)cc4)ncc3F)cc21. The Kier molecular flexibility index (Phi) is 6.56. The summed E-state index contributed by atoms with van der Waals surface area (Å²) < 4.78 is 35.3. The molecule has 2 aliphatic rings. The zero-order valence-electron chi connectivity index (χ0n) is 20.5. The second-order valence-electron chi connectivity index (χ2n) is 9.56. The number of benzene rings is 2. The number of hydrogen-bond donors (Lipinski definition) is 0. The van der Waals surface area contributed by atoms with E-state index in [1.54, 1.807) is 6.07 Å².